The lowest BCUT2D eigenvalue weighted by atomic mass is 10.3. The maximum atomic E-state index is 11.4. The van der Waals surface area contributed by atoms with Gasteiger partial charge in [-0.2, -0.15) is 0 Å². The summed E-state index contributed by atoms with van der Waals surface area (Å²) in [4.78, 5) is 15.6. The van der Waals surface area contributed by atoms with E-state index < -0.39 is 0 Å². The molecule has 0 aliphatic heterocycles. The van der Waals surface area contributed by atoms with Crippen molar-refractivity contribution in [1.82, 2.24) is 10.3 Å². The van der Waals surface area contributed by atoms with E-state index in [0.29, 0.717) is 16.7 Å². The molecule has 0 aliphatic rings. The van der Waals surface area contributed by atoms with Crippen molar-refractivity contribution >= 4 is 44.3 Å². The molecule has 0 fully saturated rings. The third-order valence-electron chi connectivity index (χ3n) is 1.98. The van der Waals surface area contributed by atoms with E-state index in [1.54, 1.807) is 12.1 Å². The zero-order chi connectivity index (χ0) is 12.3. The number of nitrogens with one attached hydrogen (secondary N) is 2. The first-order chi connectivity index (χ1) is 8.19. The Morgan fingerprint density at radius 1 is 1.59 bits per heavy atom. The predicted octanol–water partition coefficient (Wildman–Crippen LogP) is 3.26. The van der Waals surface area contributed by atoms with Crippen molar-refractivity contribution in [2.45, 2.75) is 0 Å². The van der Waals surface area contributed by atoms with Gasteiger partial charge in [-0.1, -0.05) is 29.0 Å². The number of fused-ring (bicyclic) bond motifs is 1. The highest BCUT2D eigenvalue weighted by atomic mass is 35.5. The minimum absolute atomic E-state index is 0.296. The lowest BCUT2D eigenvalue weighted by Gasteiger charge is -2.00. The second-order valence-corrected chi connectivity index (χ2v) is 4.72. The van der Waals surface area contributed by atoms with Gasteiger partial charge in [-0.25, -0.2) is 9.78 Å². The van der Waals surface area contributed by atoms with Crippen LogP contribution in [-0.4, -0.2) is 17.6 Å². The zero-order valence-electron chi connectivity index (χ0n) is 8.87. The fourth-order valence-corrected chi connectivity index (χ4v) is 2.40. The number of hydrogen-bond acceptors (Lipinski definition) is 3. The van der Waals surface area contributed by atoms with Gasteiger partial charge in [-0.3, -0.25) is 5.32 Å². The molecule has 4 nitrogen and oxygen atoms in total. The molecule has 6 heteroatoms. The molecule has 0 bridgehead atoms. The number of nitrogens with zero attached hydrogens (tertiary/aromatic N) is 1. The van der Waals surface area contributed by atoms with Crippen LogP contribution >= 0.6 is 22.9 Å². The molecule has 0 saturated carbocycles. The maximum absolute atomic E-state index is 11.4. The molecule has 2 N–H and O–H groups in total. The van der Waals surface area contributed by atoms with E-state index in [1.165, 1.54) is 11.3 Å². The van der Waals surface area contributed by atoms with Crippen LogP contribution in [0.5, 0.6) is 0 Å². The standard InChI is InChI=1S/C11H10ClN3OS/c1-2-5-13-10(16)15-11-14-8-4-3-7(12)6-9(8)17-11/h2-4,6H,1,5H2,(H2,13,14,15,16). The number of carbonyl (C=O) groups excluding carboxylic acids is 1. The van der Waals surface area contributed by atoms with Gasteiger partial charge in [0.1, 0.15) is 0 Å². The van der Waals surface area contributed by atoms with Crippen LogP contribution in [0.15, 0.2) is 30.9 Å². The predicted molar refractivity (Wildman–Crippen MR) is 71.8 cm³/mol. The summed E-state index contributed by atoms with van der Waals surface area (Å²) in [6.45, 7) is 3.93. The summed E-state index contributed by atoms with van der Waals surface area (Å²) in [6, 6.07) is 5.11. The van der Waals surface area contributed by atoms with Gasteiger partial charge in [0, 0.05) is 11.6 Å². The SMILES string of the molecule is C=CCNC(=O)Nc1nc2ccc(Cl)cc2s1. The van der Waals surface area contributed by atoms with Crippen molar-refractivity contribution in [3.8, 4) is 0 Å². The van der Waals surface area contributed by atoms with Crippen LogP contribution in [0.4, 0.5) is 9.93 Å². The Hall–Kier alpha value is -1.59. The highest BCUT2D eigenvalue weighted by Crippen LogP contribution is 2.28. The Kier molecular flexibility index (Phi) is 3.61. The van der Waals surface area contributed by atoms with Gasteiger partial charge in [-0.05, 0) is 18.2 Å². The largest absolute Gasteiger partial charge is 0.334 e. The van der Waals surface area contributed by atoms with Crippen LogP contribution in [0.3, 0.4) is 0 Å². The monoisotopic (exact) mass is 267 g/mol. The lowest BCUT2D eigenvalue weighted by Crippen LogP contribution is -2.28. The molecule has 88 valence electrons. The fourth-order valence-electron chi connectivity index (χ4n) is 1.26. The molecule has 0 saturated heterocycles. The van der Waals surface area contributed by atoms with E-state index >= 15 is 0 Å². The van der Waals surface area contributed by atoms with Gasteiger partial charge < -0.3 is 5.32 Å². The number of anilines is 1. The van der Waals surface area contributed by atoms with E-state index in [4.69, 9.17) is 11.6 Å². The molecule has 1 aromatic heterocycles. The van der Waals surface area contributed by atoms with Crippen LogP contribution in [0, 0.1) is 0 Å². The molecular weight excluding hydrogens is 258 g/mol. The number of aromatic nitrogens is 1. The number of benzene rings is 1. The number of amides is 2. The first-order valence-corrected chi connectivity index (χ1v) is 6.10. The Morgan fingerprint density at radius 3 is 3.18 bits per heavy atom. The van der Waals surface area contributed by atoms with E-state index in [-0.39, 0.29) is 6.03 Å². The Bertz CT molecular complexity index is 567. The normalized spacial score (nSPS) is 10.2. The fraction of sp³-hybridized carbons (Fsp3) is 0.0909. The first-order valence-electron chi connectivity index (χ1n) is 4.91. The van der Waals surface area contributed by atoms with E-state index in [2.05, 4.69) is 22.2 Å². The van der Waals surface area contributed by atoms with Gasteiger partial charge in [0.2, 0.25) is 0 Å². The molecule has 2 aromatic rings. The van der Waals surface area contributed by atoms with Gasteiger partial charge >= 0.3 is 6.03 Å². The number of thiazole rings is 1. The topological polar surface area (TPSA) is 54.0 Å². The Morgan fingerprint density at radius 2 is 2.41 bits per heavy atom. The molecular formula is C11H10ClN3OS. The zero-order valence-corrected chi connectivity index (χ0v) is 10.4. The highest BCUT2D eigenvalue weighted by Gasteiger charge is 2.06. The first kappa shape index (κ1) is 11.9. The smallest absolute Gasteiger partial charge is 0.321 e. The molecule has 1 heterocycles. The van der Waals surface area contributed by atoms with Gasteiger partial charge in [-0.15, -0.1) is 6.58 Å². The average molecular weight is 268 g/mol. The Labute approximate surface area is 107 Å². The van der Waals surface area contributed by atoms with Crippen LogP contribution in [0.25, 0.3) is 10.2 Å². The molecule has 0 aliphatic carbocycles. The third-order valence-corrected chi connectivity index (χ3v) is 3.15. The Balaban J connectivity index is 2.14. The summed E-state index contributed by atoms with van der Waals surface area (Å²) >= 11 is 7.25. The van der Waals surface area contributed by atoms with E-state index in [0.717, 1.165) is 10.2 Å². The summed E-state index contributed by atoms with van der Waals surface area (Å²) in [5.74, 6) is 0. The summed E-state index contributed by atoms with van der Waals surface area (Å²) in [6.07, 6.45) is 1.61. The second-order valence-electron chi connectivity index (χ2n) is 3.25. The van der Waals surface area contributed by atoms with Gasteiger partial charge in [0.25, 0.3) is 0 Å². The van der Waals surface area contributed by atoms with Crippen LogP contribution in [0.2, 0.25) is 5.02 Å². The molecule has 0 atom stereocenters. The van der Waals surface area contributed by atoms with Crippen molar-refractivity contribution < 1.29 is 4.79 Å². The average Bonchev–Trinajstić information content (AvgIpc) is 2.67. The number of hydrogen-bond donors (Lipinski definition) is 2. The van der Waals surface area contributed by atoms with E-state index in [1.807, 2.05) is 12.1 Å². The minimum atomic E-state index is -0.296. The summed E-state index contributed by atoms with van der Waals surface area (Å²) < 4.78 is 0.941. The third kappa shape index (κ3) is 2.95. The quantitative estimate of drug-likeness (QED) is 0.839. The molecule has 0 radical (unpaired) electrons. The van der Waals surface area contributed by atoms with Crippen molar-refractivity contribution in [1.29, 1.82) is 0 Å². The molecule has 17 heavy (non-hydrogen) atoms. The molecule has 0 unspecified atom stereocenters. The van der Waals surface area contributed by atoms with Crippen molar-refractivity contribution in [2.24, 2.45) is 0 Å². The van der Waals surface area contributed by atoms with Crippen molar-refractivity contribution in [2.75, 3.05) is 11.9 Å². The van der Waals surface area contributed by atoms with Gasteiger partial charge in [0.05, 0.1) is 10.2 Å². The second kappa shape index (κ2) is 5.16. The van der Waals surface area contributed by atoms with Crippen LogP contribution < -0.4 is 10.6 Å². The molecule has 0 spiro atoms. The van der Waals surface area contributed by atoms with Crippen LogP contribution in [-0.2, 0) is 0 Å². The number of rotatable bonds is 3. The van der Waals surface area contributed by atoms with Crippen molar-refractivity contribution in [3.05, 3.63) is 35.9 Å². The highest BCUT2D eigenvalue weighted by molar-refractivity contribution is 7.22. The van der Waals surface area contributed by atoms with Gasteiger partial charge in [0.15, 0.2) is 5.13 Å². The van der Waals surface area contributed by atoms with Crippen molar-refractivity contribution in [3.63, 3.8) is 0 Å². The lowest BCUT2D eigenvalue weighted by molar-refractivity contribution is 0.253. The maximum Gasteiger partial charge on any atom is 0.321 e. The summed E-state index contributed by atoms with van der Waals surface area (Å²) in [5.41, 5.74) is 0.818. The molecule has 2 amide bonds. The molecule has 2 rings (SSSR count). The number of carbonyl (C=O) groups is 1. The number of urea groups is 1. The van der Waals surface area contributed by atoms with Crippen LogP contribution in [0.1, 0.15) is 0 Å². The summed E-state index contributed by atoms with van der Waals surface area (Å²) in [5, 5.41) is 6.46. The minimum Gasteiger partial charge on any atom is -0.334 e. The van der Waals surface area contributed by atoms with E-state index in [9.17, 15) is 4.79 Å². The number of halogens is 1. The molecule has 1 aromatic carbocycles. The summed E-state index contributed by atoms with van der Waals surface area (Å²) in [7, 11) is 0.